The van der Waals surface area contributed by atoms with Gasteiger partial charge in [-0.3, -0.25) is 9.59 Å². The van der Waals surface area contributed by atoms with Crippen LogP contribution in [0.4, 0.5) is 0 Å². The Balaban J connectivity index is 2.59. The van der Waals surface area contributed by atoms with Gasteiger partial charge in [0.2, 0.25) is 5.41 Å². The Morgan fingerprint density at radius 1 is 0.962 bits per heavy atom. The maximum atomic E-state index is 13.0. The Bertz CT molecular complexity index is 556. The van der Waals surface area contributed by atoms with Crippen molar-refractivity contribution >= 4 is 17.9 Å². The van der Waals surface area contributed by atoms with Crippen LogP contribution >= 0.6 is 0 Å². The summed E-state index contributed by atoms with van der Waals surface area (Å²) in [6, 6.07) is 0. The van der Waals surface area contributed by atoms with Gasteiger partial charge in [-0.2, -0.15) is 0 Å². The molecule has 7 heteroatoms. The van der Waals surface area contributed by atoms with E-state index in [1.165, 1.54) is 0 Å². The monoisotopic (exact) mass is 368 g/mol. The fraction of sp³-hybridized carbons (Fsp3) is 0.737. The number of hydrogen-bond donors (Lipinski definition) is 0. The number of ether oxygens (including phenoxy) is 4. The van der Waals surface area contributed by atoms with Crippen LogP contribution in [-0.4, -0.2) is 49.4 Å². The molecule has 2 aliphatic rings. The molecule has 0 amide bonds. The smallest absolute Gasteiger partial charge is 0.337 e. The first kappa shape index (κ1) is 20.4. The topological polar surface area (TPSA) is 88.1 Å². The van der Waals surface area contributed by atoms with Gasteiger partial charge >= 0.3 is 17.9 Å². The highest BCUT2D eigenvalue weighted by Crippen LogP contribution is 2.55. The Hall–Kier alpha value is -1.89. The molecule has 2 fully saturated rings. The number of esters is 3. The van der Waals surface area contributed by atoms with Crippen LogP contribution in [0.25, 0.3) is 0 Å². The van der Waals surface area contributed by atoms with Crippen LogP contribution in [0.5, 0.6) is 0 Å². The van der Waals surface area contributed by atoms with Crippen LogP contribution < -0.4 is 0 Å². The molecule has 1 heterocycles. The van der Waals surface area contributed by atoms with Gasteiger partial charge in [0.05, 0.1) is 25.4 Å². The fourth-order valence-corrected chi connectivity index (χ4v) is 3.92. The van der Waals surface area contributed by atoms with Crippen molar-refractivity contribution in [3.05, 3.63) is 12.2 Å². The molecular formula is C19H28O7. The van der Waals surface area contributed by atoms with E-state index in [9.17, 15) is 14.4 Å². The summed E-state index contributed by atoms with van der Waals surface area (Å²) in [5.41, 5.74) is -2.70. The molecule has 1 aliphatic heterocycles. The van der Waals surface area contributed by atoms with E-state index in [-0.39, 0.29) is 25.4 Å². The maximum absolute atomic E-state index is 13.0. The minimum Gasteiger partial charge on any atom is -0.465 e. The third-order valence-corrected chi connectivity index (χ3v) is 5.12. The molecule has 0 aromatic heterocycles. The van der Waals surface area contributed by atoms with E-state index in [4.69, 9.17) is 18.9 Å². The number of carbonyl (C=O) groups excluding carboxylic acids is 3. The van der Waals surface area contributed by atoms with E-state index in [1.54, 1.807) is 20.8 Å². The molecule has 1 saturated carbocycles. The molecule has 1 aliphatic carbocycles. The fourth-order valence-electron chi connectivity index (χ4n) is 3.92. The second-order valence-corrected chi connectivity index (χ2v) is 6.53. The first-order valence-corrected chi connectivity index (χ1v) is 9.29. The average molecular weight is 368 g/mol. The lowest BCUT2D eigenvalue weighted by molar-refractivity contribution is -0.186. The summed E-state index contributed by atoms with van der Waals surface area (Å²) < 4.78 is 21.5. The molecule has 146 valence electrons. The van der Waals surface area contributed by atoms with E-state index in [1.807, 2.05) is 0 Å². The zero-order chi connectivity index (χ0) is 19.4. The quantitative estimate of drug-likeness (QED) is 0.308. The summed E-state index contributed by atoms with van der Waals surface area (Å²) in [6.07, 6.45) is 2.46. The predicted octanol–water partition coefficient (Wildman–Crippen LogP) is 2.32. The molecule has 1 spiro atoms. The zero-order valence-corrected chi connectivity index (χ0v) is 15.8. The van der Waals surface area contributed by atoms with Crippen molar-refractivity contribution in [1.82, 2.24) is 0 Å². The van der Waals surface area contributed by atoms with Gasteiger partial charge in [0.25, 0.3) is 0 Å². The summed E-state index contributed by atoms with van der Waals surface area (Å²) in [7, 11) is 0. The van der Waals surface area contributed by atoms with E-state index < -0.39 is 35.0 Å². The second kappa shape index (κ2) is 8.20. The van der Waals surface area contributed by atoms with Crippen molar-refractivity contribution in [1.29, 1.82) is 0 Å². The van der Waals surface area contributed by atoms with Crippen molar-refractivity contribution in [2.75, 3.05) is 19.8 Å². The Labute approximate surface area is 154 Å². The molecule has 1 saturated heterocycles. The molecule has 0 N–H and O–H groups in total. The van der Waals surface area contributed by atoms with E-state index >= 15 is 0 Å². The lowest BCUT2D eigenvalue weighted by Gasteiger charge is -2.35. The Morgan fingerprint density at radius 2 is 1.46 bits per heavy atom. The standard InChI is InChI=1S/C19H28O7/c1-5-23-15(20)14-19(16(21)24-6-2,17(22)25-7-3)13(4)18(26-14)11-9-8-10-12-18/h14H,4-12H2,1-3H3. The molecule has 7 nitrogen and oxygen atoms in total. The van der Waals surface area contributed by atoms with Gasteiger partial charge in [0.1, 0.15) is 0 Å². The van der Waals surface area contributed by atoms with Gasteiger partial charge in [-0.25, -0.2) is 4.79 Å². The van der Waals surface area contributed by atoms with Crippen molar-refractivity contribution in [3.8, 4) is 0 Å². The molecular weight excluding hydrogens is 340 g/mol. The van der Waals surface area contributed by atoms with Gasteiger partial charge in [0.15, 0.2) is 6.10 Å². The van der Waals surface area contributed by atoms with Crippen molar-refractivity contribution in [3.63, 3.8) is 0 Å². The summed E-state index contributed by atoms with van der Waals surface area (Å²) in [6.45, 7) is 9.16. The molecule has 2 rings (SSSR count). The van der Waals surface area contributed by atoms with E-state index in [2.05, 4.69) is 6.58 Å². The van der Waals surface area contributed by atoms with Gasteiger partial charge in [-0.15, -0.1) is 0 Å². The molecule has 26 heavy (non-hydrogen) atoms. The van der Waals surface area contributed by atoms with Gasteiger partial charge in [0, 0.05) is 0 Å². The highest BCUT2D eigenvalue weighted by molar-refractivity contribution is 6.09. The van der Waals surface area contributed by atoms with Crippen LogP contribution in [0.3, 0.4) is 0 Å². The molecule has 0 aromatic carbocycles. The van der Waals surface area contributed by atoms with Crippen molar-refractivity contribution in [2.45, 2.75) is 64.6 Å². The molecule has 0 radical (unpaired) electrons. The Kier molecular flexibility index (Phi) is 6.44. The number of carbonyl (C=O) groups is 3. The van der Waals surface area contributed by atoms with Crippen LogP contribution in [0.2, 0.25) is 0 Å². The number of hydrogen-bond acceptors (Lipinski definition) is 7. The van der Waals surface area contributed by atoms with Crippen LogP contribution in [0.1, 0.15) is 52.9 Å². The summed E-state index contributed by atoms with van der Waals surface area (Å²) in [5.74, 6) is -2.52. The molecule has 1 atom stereocenters. The van der Waals surface area contributed by atoms with E-state index in [0.717, 1.165) is 19.3 Å². The van der Waals surface area contributed by atoms with Gasteiger partial charge < -0.3 is 18.9 Å². The third kappa shape index (κ3) is 3.13. The molecule has 0 aromatic rings. The number of rotatable bonds is 6. The lowest BCUT2D eigenvalue weighted by atomic mass is 9.68. The maximum Gasteiger partial charge on any atom is 0.337 e. The van der Waals surface area contributed by atoms with Gasteiger partial charge in [-0.1, -0.05) is 25.8 Å². The highest BCUT2D eigenvalue weighted by atomic mass is 16.6. The van der Waals surface area contributed by atoms with Crippen LogP contribution in [0, 0.1) is 5.41 Å². The first-order chi connectivity index (χ1) is 12.4. The first-order valence-electron chi connectivity index (χ1n) is 9.29. The predicted molar refractivity (Wildman–Crippen MR) is 92.2 cm³/mol. The van der Waals surface area contributed by atoms with Crippen LogP contribution in [0.15, 0.2) is 12.2 Å². The minimum absolute atomic E-state index is 0.0514. The van der Waals surface area contributed by atoms with Crippen molar-refractivity contribution < 1.29 is 33.3 Å². The molecule has 1 unspecified atom stereocenters. The van der Waals surface area contributed by atoms with Gasteiger partial charge in [-0.05, 0) is 39.2 Å². The van der Waals surface area contributed by atoms with E-state index in [0.29, 0.717) is 12.8 Å². The summed E-state index contributed by atoms with van der Waals surface area (Å²) in [4.78, 5) is 38.6. The second-order valence-electron chi connectivity index (χ2n) is 6.53. The third-order valence-electron chi connectivity index (χ3n) is 5.12. The summed E-state index contributed by atoms with van der Waals surface area (Å²) >= 11 is 0. The molecule has 0 bridgehead atoms. The van der Waals surface area contributed by atoms with Crippen LogP contribution in [-0.2, 0) is 33.3 Å². The SMILES string of the molecule is C=C1C2(CCCCC2)OC(C(=O)OCC)C1(C(=O)OCC)C(=O)OCC. The largest absolute Gasteiger partial charge is 0.465 e. The normalized spacial score (nSPS) is 23.5. The minimum atomic E-state index is -2.03. The zero-order valence-electron chi connectivity index (χ0n) is 15.8. The summed E-state index contributed by atoms with van der Waals surface area (Å²) in [5, 5.41) is 0. The Morgan fingerprint density at radius 3 is 1.92 bits per heavy atom. The lowest BCUT2D eigenvalue weighted by Crippen LogP contribution is -2.52. The van der Waals surface area contributed by atoms with Crippen molar-refractivity contribution in [2.24, 2.45) is 5.41 Å². The average Bonchev–Trinajstić information content (AvgIpc) is 2.86. The highest BCUT2D eigenvalue weighted by Gasteiger charge is 2.71.